The number of hydrogen-bond acceptors (Lipinski definition) is 4. The van der Waals surface area contributed by atoms with E-state index in [9.17, 15) is 0 Å². The second kappa shape index (κ2) is 14.7. The van der Waals surface area contributed by atoms with Gasteiger partial charge in [0.25, 0.3) is 0 Å². The minimum atomic E-state index is -0.253. The summed E-state index contributed by atoms with van der Waals surface area (Å²) in [5, 5.41) is 12.8. The van der Waals surface area contributed by atoms with Crippen LogP contribution in [0, 0.1) is 0 Å². The zero-order chi connectivity index (χ0) is 19.1. The highest BCUT2D eigenvalue weighted by atomic mass is 32.1. The maximum Gasteiger partial charge on any atom is 0.129 e. The molecule has 1 atom stereocenters. The van der Waals surface area contributed by atoms with E-state index in [-0.39, 0.29) is 5.66 Å². The van der Waals surface area contributed by atoms with E-state index in [0.717, 1.165) is 29.9 Å². The molecule has 0 heterocycles. The van der Waals surface area contributed by atoms with Gasteiger partial charge in [0.15, 0.2) is 0 Å². The van der Waals surface area contributed by atoms with Crippen molar-refractivity contribution in [1.82, 2.24) is 5.32 Å². The molecule has 0 aliphatic heterocycles. The molecular weight excluding hydrogens is 338 g/mol. The number of thiol groups is 1. The Bertz CT molecular complexity index is 420. The van der Waals surface area contributed by atoms with Crippen molar-refractivity contribution in [2.45, 2.75) is 122 Å². The Morgan fingerprint density at radius 3 is 2.08 bits per heavy atom. The number of rotatable bonds is 9. The molecule has 1 N–H and O–H groups in total. The molecule has 0 fully saturated rings. The molecule has 1 rings (SSSR count). The number of unbranched alkanes of at least 4 members (excludes halogenated alkanes) is 4. The van der Waals surface area contributed by atoms with E-state index in [1.807, 2.05) is 7.05 Å². The van der Waals surface area contributed by atoms with Gasteiger partial charge in [-0.2, -0.15) is 10.2 Å². The average molecular weight is 382 g/mol. The Hall–Kier alpha value is -0.350. The van der Waals surface area contributed by atoms with E-state index in [0.29, 0.717) is 0 Å². The lowest BCUT2D eigenvalue weighted by Crippen LogP contribution is -2.37. The van der Waals surface area contributed by atoms with Crippen molar-refractivity contribution in [2.24, 2.45) is 10.2 Å². The molecule has 0 radical (unpaired) electrons. The van der Waals surface area contributed by atoms with Gasteiger partial charge < -0.3 is 0 Å². The third kappa shape index (κ3) is 10.7. The molecule has 0 saturated carbocycles. The van der Waals surface area contributed by atoms with Crippen molar-refractivity contribution >= 4 is 12.6 Å². The average Bonchev–Trinajstić information content (AvgIpc) is 2.64. The summed E-state index contributed by atoms with van der Waals surface area (Å²) in [4.78, 5) is 1.16. The number of nitrogens with one attached hydrogen (secondary N) is 1. The molecular formula is C22H43N3S. The van der Waals surface area contributed by atoms with E-state index in [4.69, 9.17) is 22.9 Å². The number of nitrogens with zero attached hydrogens (tertiary/aromatic N) is 2. The zero-order valence-corrected chi connectivity index (χ0v) is 18.5. The molecule has 0 aromatic rings. The summed E-state index contributed by atoms with van der Waals surface area (Å²) in [6.07, 6.45) is 20.2. The van der Waals surface area contributed by atoms with Gasteiger partial charge in [-0.25, -0.2) is 0 Å². The molecule has 1 aliphatic carbocycles. The fourth-order valence-corrected chi connectivity index (χ4v) is 3.82. The van der Waals surface area contributed by atoms with Gasteiger partial charge in [-0.05, 0) is 52.5 Å². The Morgan fingerprint density at radius 2 is 1.46 bits per heavy atom. The van der Waals surface area contributed by atoms with Crippen LogP contribution < -0.4 is 5.32 Å². The van der Waals surface area contributed by atoms with Crippen LogP contribution in [-0.4, -0.2) is 12.7 Å². The maximum absolute atomic E-state index is 4.79. The summed E-state index contributed by atoms with van der Waals surface area (Å²) >= 11 is 4.79. The van der Waals surface area contributed by atoms with Gasteiger partial charge in [-0.15, -0.1) is 12.6 Å². The molecule has 3 nitrogen and oxygen atoms in total. The summed E-state index contributed by atoms with van der Waals surface area (Å²) in [6, 6.07) is 0. The fourth-order valence-electron chi connectivity index (χ4n) is 3.51. The van der Waals surface area contributed by atoms with E-state index in [1.54, 1.807) is 0 Å². The highest BCUT2D eigenvalue weighted by molar-refractivity contribution is 7.84. The molecule has 0 spiro atoms. The Balaban J connectivity index is 2.64. The van der Waals surface area contributed by atoms with Crippen LogP contribution in [-0.2, 0) is 0 Å². The summed E-state index contributed by atoms with van der Waals surface area (Å²) < 4.78 is 0. The van der Waals surface area contributed by atoms with Gasteiger partial charge in [0.05, 0.1) is 5.70 Å². The first kappa shape index (κ1) is 23.7. The predicted octanol–water partition coefficient (Wildman–Crippen LogP) is 7.79. The van der Waals surface area contributed by atoms with E-state index >= 15 is 0 Å². The van der Waals surface area contributed by atoms with Crippen molar-refractivity contribution in [1.29, 1.82) is 0 Å². The van der Waals surface area contributed by atoms with Crippen LogP contribution >= 0.6 is 12.6 Å². The monoisotopic (exact) mass is 381 g/mol. The molecule has 0 unspecified atom stereocenters. The Kier molecular flexibility index (Phi) is 13.4. The molecule has 0 bridgehead atoms. The summed E-state index contributed by atoms with van der Waals surface area (Å²) in [7, 11) is 2.00. The van der Waals surface area contributed by atoms with Crippen LogP contribution in [0.25, 0.3) is 0 Å². The van der Waals surface area contributed by atoms with Gasteiger partial charge in [0.2, 0.25) is 0 Å². The molecule has 26 heavy (non-hydrogen) atoms. The molecule has 152 valence electrons. The van der Waals surface area contributed by atoms with Crippen LogP contribution in [0.3, 0.4) is 0 Å². The van der Waals surface area contributed by atoms with E-state index in [2.05, 4.69) is 19.2 Å². The third-order valence-corrected chi connectivity index (χ3v) is 6.09. The van der Waals surface area contributed by atoms with Gasteiger partial charge in [-0.1, -0.05) is 71.1 Å². The van der Waals surface area contributed by atoms with Crippen LogP contribution in [0.2, 0.25) is 0 Å². The van der Waals surface area contributed by atoms with E-state index in [1.165, 1.54) is 83.5 Å². The fraction of sp³-hybridized carbons (Fsp3) is 0.909. The number of azo groups is 1. The van der Waals surface area contributed by atoms with Crippen molar-refractivity contribution in [3.8, 4) is 0 Å². The van der Waals surface area contributed by atoms with Gasteiger partial charge in [0, 0.05) is 4.91 Å². The lowest BCUT2D eigenvalue weighted by molar-refractivity contribution is 0.340. The molecule has 0 amide bonds. The number of hydrogen-bond donors (Lipinski definition) is 2. The number of allylic oxidation sites excluding steroid dienone is 2. The first-order chi connectivity index (χ1) is 12.6. The predicted molar refractivity (Wildman–Crippen MR) is 118 cm³/mol. The van der Waals surface area contributed by atoms with Crippen molar-refractivity contribution in [3.63, 3.8) is 0 Å². The first-order valence-corrected chi connectivity index (χ1v) is 11.6. The topological polar surface area (TPSA) is 36.8 Å². The summed E-state index contributed by atoms with van der Waals surface area (Å²) in [5.41, 5.74) is 0.873. The lowest BCUT2D eigenvalue weighted by Gasteiger charge is -2.23. The highest BCUT2D eigenvalue weighted by Crippen LogP contribution is 2.26. The maximum atomic E-state index is 4.79. The quantitative estimate of drug-likeness (QED) is 0.239. The minimum Gasteiger partial charge on any atom is -0.295 e. The third-order valence-electron chi connectivity index (χ3n) is 5.61. The molecule has 1 aliphatic rings. The minimum absolute atomic E-state index is 0.253. The Morgan fingerprint density at radius 1 is 0.885 bits per heavy atom. The SMILES string of the molecule is CCCCCCC[C@@](C)(N=N/C1=C(\S)CCCCCCCCCC1)NC. The van der Waals surface area contributed by atoms with Crippen LogP contribution in [0.5, 0.6) is 0 Å². The second-order valence-electron chi connectivity index (χ2n) is 8.11. The van der Waals surface area contributed by atoms with Crippen molar-refractivity contribution < 1.29 is 0 Å². The normalized spacial score (nSPS) is 23.4. The zero-order valence-electron chi connectivity index (χ0n) is 17.7. The van der Waals surface area contributed by atoms with E-state index < -0.39 is 0 Å². The summed E-state index contributed by atoms with van der Waals surface area (Å²) in [5.74, 6) is 0. The van der Waals surface area contributed by atoms with Gasteiger partial charge in [-0.3, -0.25) is 5.32 Å². The lowest BCUT2D eigenvalue weighted by atomic mass is 10.0. The standard InChI is InChI=1S/C22H43N3S/c1-4-5-6-13-16-19-22(2,23-3)25-24-20-17-14-11-9-7-8-10-12-15-18-21(20)26/h23,26H,4-19H2,1-3H3/b21-20-,25-24?/t22-/m1/s1. The van der Waals surface area contributed by atoms with Crippen molar-refractivity contribution in [3.05, 3.63) is 10.6 Å². The highest BCUT2D eigenvalue weighted by Gasteiger charge is 2.20. The van der Waals surface area contributed by atoms with Gasteiger partial charge >= 0.3 is 0 Å². The van der Waals surface area contributed by atoms with Gasteiger partial charge in [0.1, 0.15) is 5.66 Å². The van der Waals surface area contributed by atoms with Crippen LogP contribution in [0.4, 0.5) is 0 Å². The largest absolute Gasteiger partial charge is 0.295 e. The second-order valence-corrected chi connectivity index (χ2v) is 8.65. The molecule has 0 aromatic carbocycles. The molecule has 0 saturated heterocycles. The summed E-state index contributed by atoms with van der Waals surface area (Å²) in [6.45, 7) is 4.43. The van der Waals surface area contributed by atoms with Crippen LogP contribution in [0.15, 0.2) is 20.8 Å². The Labute approximate surface area is 168 Å². The molecule has 4 heteroatoms. The smallest absolute Gasteiger partial charge is 0.129 e. The first-order valence-electron chi connectivity index (χ1n) is 11.1. The molecule has 0 aromatic heterocycles. The van der Waals surface area contributed by atoms with Crippen LogP contribution in [0.1, 0.15) is 117 Å². The van der Waals surface area contributed by atoms with Crippen molar-refractivity contribution in [2.75, 3.05) is 7.05 Å².